The van der Waals surface area contributed by atoms with Gasteiger partial charge in [0, 0.05) is 49.8 Å². The monoisotopic (exact) mass is 530 g/mol. The summed E-state index contributed by atoms with van der Waals surface area (Å²) in [6, 6.07) is 21.9. The normalized spacial score (nSPS) is 19.3. The van der Waals surface area contributed by atoms with Crippen molar-refractivity contribution in [1.82, 2.24) is 24.4 Å². The fourth-order valence-corrected chi connectivity index (χ4v) is 5.66. The summed E-state index contributed by atoms with van der Waals surface area (Å²) in [6.07, 6.45) is 1.05. The molecule has 0 spiro atoms. The van der Waals surface area contributed by atoms with Crippen molar-refractivity contribution >= 4 is 34.2 Å². The lowest BCUT2D eigenvalue weighted by molar-refractivity contribution is 0.0206. The van der Waals surface area contributed by atoms with Crippen molar-refractivity contribution in [3.05, 3.63) is 105 Å². The molecule has 2 aliphatic heterocycles. The number of carbonyl (C=O) groups is 1. The number of hydrogen-bond donors (Lipinski definition) is 2. The summed E-state index contributed by atoms with van der Waals surface area (Å²) in [5.41, 5.74) is 2.02. The number of amides is 1. The predicted octanol–water partition coefficient (Wildman–Crippen LogP) is 3.48. The number of carbonyl (C=O) groups excluding carboxylic acids is 1. The van der Waals surface area contributed by atoms with Gasteiger partial charge in [-0.1, -0.05) is 54.1 Å². The highest BCUT2D eigenvalue weighted by Gasteiger charge is 2.39. The molecule has 0 radical (unpaired) electrons. The molecule has 2 aromatic heterocycles. The molecule has 2 atom stereocenters. The minimum absolute atomic E-state index is 0.0769. The molecule has 2 aromatic carbocycles. The van der Waals surface area contributed by atoms with Crippen LogP contribution in [0, 0.1) is 0 Å². The number of hydrogen-bond acceptors (Lipinski definition) is 7. The Morgan fingerprint density at radius 1 is 0.947 bits per heavy atom. The maximum absolute atomic E-state index is 13.3. The van der Waals surface area contributed by atoms with E-state index in [-0.39, 0.29) is 17.3 Å². The van der Waals surface area contributed by atoms with Gasteiger partial charge < -0.3 is 15.4 Å². The Bertz CT molecular complexity index is 1550. The van der Waals surface area contributed by atoms with Crippen LogP contribution in [-0.4, -0.2) is 75.0 Å². The topological polar surface area (TPSA) is 93.9 Å². The molecule has 1 saturated heterocycles. The van der Waals surface area contributed by atoms with Gasteiger partial charge in [-0.25, -0.2) is 4.98 Å². The van der Waals surface area contributed by atoms with Crippen LogP contribution in [0.2, 0.25) is 5.02 Å². The number of benzene rings is 2. The molecule has 0 aliphatic carbocycles. The first kappa shape index (κ1) is 24.4. The SMILES string of the molecule is CN1C(=O)c2c(c3cccnc3n(O)c2=O)NC1N1CCN(C(c2ccccc2)c2ccc(Cl)cc2)CC1. The molecule has 38 heavy (non-hydrogen) atoms. The van der Waals surface area contributed by atoms with Crippen molar-refractivity contribution in [2.24, 2.45) is 0 Å². The summed E-state index contributed by atoms with van der Waals surface area (Å²) in [5.74, 6) is -0.437. The van der Waals surface area contributed by atoms with E-state index in [1.165, 1.54) is 22.2 Å². The molecular formula is C28H27ClN6O3. The number of fused-ring (bicyclic) bond motifs is 3. The van der Waals surface area contributed by atoms with E-state index in [2.05, 4.69) is 56.5 Å². The van der Waals surface area contributed by atoms with Crippen LogP contribution < -0.4 is 10.9 Å². The summed E-state index contributed by atoms with van der Waals surface area (Å²) in [7, 11) is 1.67. The summed E-state index contributed by atoms with van der Waals surface area (Å²) < 4.78 is 0.446. The molecule has 2 aliphatic rings. The molecule has 2 N–H and O–H groups in total. The van der Waals surface area contributed by atoms with Crippen LogP contribution in [0.5, 0.6) is 0 Å². The highest BCUT2D eigenvalue weighted by molar-refractivity contribution is 6.30. The molecule has 0 bridgehead atoms. The third-order valence-corrected chi connectivity index (χ3v) is 7.70. The Kier molecular flexibility index (Phi) is 6.27. The minimum atomic E-state index is -0.785. The quantitative estimate of drug-likeness (QED) is 0.390. The number of pyridine rings is 2. The predicted molar refractivity (Wildman–Crippen MR) is 146 cm³/mol. The van der Waals surface area contributed by atoms with E-state index in [0.717, 1.165) is 13.1 Å². The van der Waals surface area contributed by atoms with E-state index in [0.29, 0.717) is 33.9 Å². The summed E-state index contributed by atoms with van der Waals surface area (Å²) >= 11 is 6.17. The number of nitrogens with zero attached hydrogens (tertiary/aromatic N) is 5. The second-order valence-electron chi connectivity index (χ2n) is 9.61. The molecular weight excluding hydrogens is 504 g/mol. The van der Waals surface area contributed by atoms with Gasteiger partial charge in [0.05, 0.1) is 11.7 Å². The first-order valence-corrected chi connectivity index (χ1v) is 12.9. The number of aromatic nitrogens is 2. The number of halogens is 1. The van der Waals surface area contributed by atoms with Gasteiger partial charge in [0.1, 0.15) is 5.56 Å². The fraction of sp³-hybridized carbons (Fsp3) is 0.250. The number of nitrogens with one attached hydrogen (secondary N) is 1. The lowest BCUT2D eigenvalue weighted by Crippen LogP contribution is -2.62. The van der Waals surface area contributed by atoms with Crippen molar-refractivity contribution in [3.8, 4) is 0 Å². The van der Waals surface area contributed by atoms with Crippen LogP contribution >= 0.6 is 11.6 Å². The summed E-state index contributed by atoms with van der Waals surface area (Å²) in [6.45, 7) is 2.95. The van der Waals surface area contributed by atoms with E-state index in [1.54, 1.807) is 19.2 Å². The lowest BCUT2D eigenvalue weighted by Gasteiger charge is -2.46. The van der Waals surface area contributed by atoms with E-state index >= 15 is 0 Å². The zero-order chi connectivity index (χ0) is 26.4. The van der Waals surface area contributed by atoms with Crippen LogP contribution in [0.4, 0.5) is 5.69 Å². The molecule has 1 amide bonds. The molecule has 6 rings (SSSR count). The van der Waals surface area contributed by atoms with E-state index in [1.807, 2.05) is 18.2 Å². The average molecular weight is 531 g/mol. The Labute approximate surface area is 224 Å². The van der Waals surface area contributed by atoms with Gasteiger partial charge in [0.25, 0.3) is 11.5 Å². The largest absolute Gasteiger partial charge is 0.423 e. The van der Waals surface area contributed by atoms with Crippen molar-refractivity contribution < 1.29 is 10.0 Å². The highest BCUT2D eigenvalue weighted by Crippen LogP contribution is 2.33. The van der Waals surface area contributed by atoms with Gasteiger partial charge in [-0.15, -0.1) is 4.73 Å². The molecule has 4 aromatic rings. The Balaban J connectivity index is 1.28. The second kappa shape index (κ2) is 9.75. The number of piperazine rings is 1. The molecule has 1 fully saturated rings. The third kappa shape index (κ3) is 4.09. The van der Waals surface area contributed by atoms with Crippen molar-refractivity contribution in [1.29, 1.82) is 0 Å². The van der Waals surface area contributed by atoms with Crippen molar-refractivity contribution in [2.45, 2.75) is 12.3 Å². The van der Waals surface area contributed by atoms with Crippen molar-refractivity contribution in [2.75, 3.05) is 38.5 Å². The average Bonchev–Trinajstić information content (AvgIpc) is 2.95. The van der Waals surface area contributed by atoms with Crippen LogP contribution in [0.1, 0.15) is 27.5 Å². The smallest absolute Gasteiger partial charge is 0.299 e. The Morgan fingerprint density at radius 3 is 2.34 bits per heavy atom. The van der Waals surface area contributed by atoms with E-state index < -0.39 is 17.8 Å². The molecule has 4 heterocycles. The second-order valence-corrected chi connectivity index (χ2v) is 10.0. The van der Waals surface area contributed by atoms with Gasteiger partial charge in [-0.3, -0.25) is 19.4 Å². The van der Waals surface area contributed by atoms with Crippen LogP contribution in [0.15, 0.2) is 77.7 Å². The molecule has 0 saturated carbocycles. The summed E-state index contributed by atoms with van der Waals surface area (Å²) in [4.78, 5) is 36.5. The molecule has 9 nitrogen and oxygen atoms in total. The maximum atomic E-state index is 13.3. The maximum Gasteiger partial charge on any atom is 0.299 e. The summed E-state index contributed by atoms with van der Waals surface area (Å²) in [5, 5.41) is 15.0. The van der Waals surface area contributed by atoms with Gasteiger partial charge in [0.2, 0.25) is 0 Å². The first-order valence-electron chi connectivity index (χ1n) is 12.5. The Hall–Kier alpha value is -3.92. The standard InChI is InChI=1S/C28H27ClN6O3/c1-32-26(36)22-23(21-8-5-13-30-25(21)35(38)27(22)37)31-28(32)34-16-14-33(15-17-34)24(18-6-3-2-4-7-18)19-9-11-20(29)12-10-19/h2-13,24,28,31,38H,14-17H2,1H3. The molecule has 194 valence electrons. The van der Waals surface area contributed by atoms with Crippen LogP contribution in [0.3, 0.4) is 0 Å². The minimum Gasteiger partial charge on any atom is -0.423 e. The lowest BCUT2D eigenvalue weighted by atomic mass is 9.96. The Morgan fingerprint density at radius 2 is 1.63 bits per heavy atom. The number of rotatable bonds is 4. The third-order valence-electron chi connectivity index (χ3n) is 7.45. The van der Waals surface area contributed by atoms with Gasteiger partial charge >= 0.3 is 0 Å². The van der Waals surface area contributed by atoms with E-state index in [4.69, 9.17) is 11.6 Å². The van der Waals surface area contributed by atoms with Gasteiger partial charge in [0.15, 0.2) is 11.9 Å². The fourth-order valence-electron chi connectivity index (χ4n) is 5.54. The molecule has 10 heteroatoms. The highest BCUT2D eigenvalue weighted by atomic mass is 35.5. The van der Waals surface area contributed by atoms with E-state index in [9.17, 15) is 14.8 Å². The van der Waals surface area contributed by atoms with Crippen molar-refractivity contribution in [3.63, 3.8) is 0 Å². The first-order chi connectivity index (χ1) is 18.4. The van der Waals surface area contributed by atoms with Gasteiger partial charge in [-0.05, 0) is 35.4 Å². The number of anilines is 1. The zero-order valence-electron chi connectivity index (χ0n) is 20.8. The molecule has 2 unspecified atom stereocenters. The van der Waals surface area contributed by atoms with Crippen LogP contribution in [-0.2, 0) is 0 Å². The van der Waals surface area contributed by atoms with Crippen LogP contribution in [0.25, 0.3) is 11.0 Å². The zero-order valence-corrected chi connectivity index (χ0v) is 21.5. The van der Waals surface area contributed by atoms with Gasteiger partial charge in [-0.2, -0.15) is 0 Å².